The minimum Gasteiger partial charge on any atom is -0.459 e. The first-order valence-corrected chi connectivity index (χ1v) is 9.08. The number of thiophene rings is 1. The molecule has 0 radical (unpaired) electrons. The van der Waals surface area contributed by atoms with E-state index in [1.165, 1.54) is 0 Å². The topological polar surface area (TPSA) is 42.2 Å². The average molecular weight is 347 g/mol. The van der Waals surface area contributed by atoms with E-state index in [0.717, 1.165) is 33.4 Å². The molecule has 0 fully saturated rings. The number of furan rings is 1. The Morgan fingerprint density at radius 2 is 1.88 bits per heavy atom. The second kappa shape index (κ2) is 6.95. The lowest BCUT2D eigenvalue weighted by Crippen LogP contribution is -2.24. The van der Waals surface area contributed by atoms with Gasteiger partial charge in [0.2, 0.25) is 5.91 Å². The van der Waals surface area contributed by atoms with Crippen LogP contribution in [0.15, 0.2) is 75.8 Å². The van der Waals surface area contributed by atoms with Gasteiger partial charge in [-0.05, 0) is 39.9 Å². The molecule has 1 amide bonds. The van der Waals surface area contributed by atoms with Gasteiger partial charge in [-0.2, -0.15) is 11.3 Å². The summed E-state index contributed by atoms with van der Waals surface area (Å²) in [5.74, 6) is 1.58. The molecule has 4 aromatic rings. The molecular formula is C21H17NO2S. The molecular weight excluding hydrogens is 330 g/mol. The Morgan fingerprint density at radius 1 is 1.00 bits per heavy atom. The maximum Gasteiger partial charge on any atom is 0.224 e. The van der Waals surface area contributed by atoms with Crippen LogP contribution in [0.4, 0.5) is 0 Å². The summed E-state index contributed by atoms with van der Waals surface area (Å²) in [7, 11) is 0. The van der Waals surface area contributed by atoms with Crippen LogP contribution >= 0.6 is 11.3 Å². The van der Waals surface area contributed by atoms with Crippen molar-refractivity contribution in [1.29, 1.82) is 0 Å². The van der Waals surface area contributed by atoms with Crippen molar-refractivity contribution in [3.8, 4) is 11.3 Å². The molecule has 124 valence electrons. The Balaban J connectivity index is 1.41. The summed E-state index contributed by atoms with van der Waals surface area (Å²) in [6, 6.07) is 20.0. The molecule has 2 heterocycles. The van der Waals surface area contributed by atoms with Crippen LogP contribution in [0, 0.1) is 0 Å². The van der Waals surface area contributed by atoms with Gasteiger partial charge in [-0.1, -0.05) is 42.5 Å². The van der Waals surface area contributed by atoms with Gasteiger partial charge >= 0.3 is 0 Å². The number of amides is 1. The predicted octanol–water partition coefficient (Wildman–Crippen LogP) is 5.02. The summed E-state index contributed by atoms with van der Waals surface area (Å²) in [6.07, 6.45) is 0.361. The Bertz CT molecular complexity index is 996. The average Bonchev–Trinajstić information content (AvgIpc) is 3.32. The highest BCUT2D eigenvalue weighted by atomic mass is 32.1. The molecule has 4 heteroatoms. The lowest BCUT2D eigenvalue weighted by molar-refractivity contribution is -0.120. The van der Waals surface area contributed by atoms with E-state index in [-0.39, 0.29) is 5.91 Å². The van der Waals surface area contributed by atoms with Crippen molar-refractivity contribution in [1.82, 2.24) is 5.32 Å². The molecule has 0 aliphatic carbocycles. The van der Waals surface area contributed by atoms with Crippen LogP contribution in [0.3, 0.4) is 0 Å². The van der Waals surface area contributed by atoms with Crippen molar-refractivity contribution in [3.05, 3.63) is 82.7 Å². The van der Waals surface area contributed by atoms with Crippen molar-refractivity contribution in [2.24, 2.45) is 0 Å². The first-order valence-electron chi connectivity index (χ1n) is 8.14. The Hall–Kier alpha value is -2.85. The molecule has 1 N–H and O–H groups in total. The van der Waals surface area contributed by atoms with E-state index >= 15 is 0 Å². The summed E-state index contributed by atoms with van der Waals surface area (Å²) < 4.78 is 5.79. The molecule has 0 saturated heterocycles. The summed E-state index contributed by atoms with van der Waals surface area (Å²) in [6.45, 7) is 0.397. The van der Waals surface area contributed by atoms with Gasteiger partial charge in [0.25, 0.3) is 0 Å². The first-order chi connectivity index (χ1) is 12.3. The highest BCUT2D eigenvalue weighted by molar-refractivity contribution is 7.08. The van der Waals surface area contributed by atoms with Gasteiger partial charge in [0.1, 0.15) is 11.5 Å². The minimum absolute atomic E-state index is 0.00941. The molecule has 3 nitrogen and oxygen atoms in total. The lowest BCUT2D eigenvalue weighted by Gasteiger charge is -2.07. The highest BCUT2D eigenvalue weighted by Crippen LogP contribution is 2.24. The van der Waals surface area contributed by atoms with Crippen molar-refractivity contribution in [2.45, 2.75) is 13.0 Å². The molecule has 0 saturated carbocycles. The maximum atomic E-state index is 12.3. The van der Waals surface area contributed by atoms with Crippen molar-refractivity contribution in [2.75, 3.05) is 0 Å². The number of rotatable bonds is 5. The zero-order valence-corrected chi connectivity index (χ0v) is 14.4. The molecule has 2 aromatic heterocycles. The van der Waals surface area contributed by atoms with Gasteiger partial charge in [-0.15, -0.1) is 0 Å². The van der Waals surface area contributed by atoms with E-state index in [0.29, 0.717) is 13.0 Å². The van der Waals surface area contributed by atoms with Crippen LogP contribution in [0.2, 0.25) is 0 Å². The van der Waals surface area contributed by atoms with Gasteiger partial charge in [-0.3, -0.25) is 4.79 Å². The summed E-state index contributed by atoms with van der Waals surface area (Å²) in [5.41, 5.74) is 2.10. The number of nitrogens with one attached hydrogen (secondary N) is 1. The third-order valence-electron chi connectivity index (χ3n) is 4.16. The smallest absolute Gasteiger partial charge is 0.224 e. The van der Waals surface area contributed by atoms with Gasteiger partial charge in [0.15, 0.2) is 0 Å². The molecule has 0 aliphatic heterocycles. The minimum atomic E-state index is -0.00941. The molecule has 0 atom stereocenters. The highest BCUT2D eigenvalue weighted by Gasteiger charge is 2.09. The SMILES string of the molecule is O=C(Cc1cccc2ccccc12)NCc1ccc(-c2ccsc2)o1. The predicted molar refractivity (Wildman–Crippen MR) is 102 cm³/mol. The van der Waals surface area contributed by atoms with E-state index in [4.69, 9.17) is 4.42 Å². The van der Waals surface area contributed by atoms with Crippen LogP contribution < -0.4 is 5.32 Å². The third-order valence-corrected chi connectivity index (χ3v) is 4.84. The number of carbonyl (C=O) groups is 1. The number of hydrogen-bond acceptors (Lipinski definition) is 3. The van der Waals surface area contributed by atoms with E-state index in [2.05, 4.69) is 23.5 Å². The summed E-state index contributed by atoms with van der Waals surface area (Å²) in [5, 5.41) is 9.28. The largest absolute Gasteiger partial charge is 0.459 e. The fraction of sp³-hybridized carbons (Fsp3) is 0.0952. The molecule has 2 aromatic carbocycles. The quantitative estimate of drug-likeness (QED) is 0.551. The van der Waals surface area contributed by atoms with Crippen molar-refractivity contribution < 1.29 is 9.21 Å². The van der Waals surface area contributed by atoms with E-state index < -0.39 is 0 Å². The summed E-state index contributed by atoms with van der Waals surface area (Å²) in [4.78, 5) is 12.3. The molecule has 0 spiro atoms. The normalized spacial score (nSPS) is 10.9. The number of fused-ring (bicyclic) bond motifs is 1. The summed E-state index contributed by atoms with van der Waals surface area (Å²) >= 11 is 1.63. The zero-order chi connectivity index (χ0) is 17.1. The van der Waals surface area contributed by atoms with Gasteiger partial charge in [-0.25, -0.2) is 0 Å². The van der Waals surface area contributed by atoms with Crippen LogP contribution in [-0.2, 0) is 17.8 Å². The van der Waals surface area contributed by atoms with Crippen LogP contribution in [0.25, 0.3) is 22.1 Å². The van der Waals surface area contributed by atoms with Crippen LogP contribution in [0.5, 0.6) is 0 Å². The van der Waals surface area contributed by atoms with Crippen molar-refractivity contribution in [3.63, 3.8) is 0 Å². The van der Waals surface area contributed by atoms with E-state index in [1.807, 2.05) is 53.2 Å². The van der Waals surface area contributed by atoms with Crippen LogP contribution in [-0.4, -0.2) is 5.91 Å². The Kier molecular flexibility index (Phi) is 4.36. The zero-order valence-electron chi connectivity index (χ0n) is 13.6. The molecule has 0 bridgehead atoms. The Morgan fingerprint density at radius 3 is 2.76 bits per heavy atom. The number of carbonyl (C=O) groups excluding carboxylic acids is 1. The monoisotopic (exact) mass is 347 g/mol. The van der Waals surface area contributed by atoms with Crippen LogP contribution in [0.1, 0.15) is 11.3 Å². The fourth-order valence-corrected chi connectivity index (χ4v) is 3.55. The number of benzene rings is 2. The standard InChI is InChI=1S/C21H17NO2S/c23-21(12-16-6-3-5-15-4-1-2-7-19(15)16)22-13-18-8-9-20(24-18)17-10-11-25-14-17/h1-11,14H,12-13H2,(H,22,23). The van der Waals surface area contributed by atoms with Crippen molar-refractivity contribution >= 4 is 28.0 Å². The van der Waals surface area contributed by atoms with Gasteiger partial charge < -0.3 is 9.73 Å². The van der Waals surface area contributed by atoms with Gasteiger partial charge in [0, 0.05) is 10.9 Å². The van der Waals surface area contributed by atoms with Gasteiger partial charge in [0.05, 0.1) is 13.0 Å². The van der Waals surface area contributed by atoms with E-state index in [9.17, 15) is 4.79 Å². The third kappa shape index (κ3) is 3.49. The molecule has 4 rings (SSSR count). The maximum absolute atomic E-state index is 12.3. The fourth-order valence-electron chi connectivity index (χ4n) is 2.90. The second-order valence-electron chi connectivity index (χ2n) is 5.87. The molecule has 0 aliphatic rings. The molecule has 0 unspecified atom stereocenters. The number of hydrogen-bond donors (Lipinski definition) is 1. The molecule has 25 heavy (non-hydrogen) atoms. The first kappa shape index (κ1) is 15.7. The second-order valence-corrected chi connectivity index (χ2v) is 6.65. The lowest BCUT2D eigenvalue weighted by atomic mass is 10.0. The Labute approximate surface area is 149 Å². The van der Waals surface area contributed by atoms with E-state index in [1.54, 1.807) is 11.3 Å².